The van der Waals surface area contributed by atoms with Gasteiger partial charge in [0.05, 0.1) is 11.4 Å². The number of hydrogen-bond donors (Lipinski definition) is 0. The van der Waals surface area contributed by atoms with Gasteiger partial charge in [-0.15, -0.1) is 0 Å². The fourth-order valence-electron chi connectivity index (χ4n) is 3.79. The van der Waals surface area contributed by atoms with Crippen LogP contribution in [0.15, 0.2) is 47.7 Å². The summed E-state index contributed by atoms with van der Waals surface area (Å²) in [7, 11) is 1.67. The normalized spacial score (nSPS) is 16.5. The van der Waals surface area contributed by atoms with Crippen LogP contribution in [-0.4, -0.2) is 38.4 Å². The molecule has 0 amide bonds. The molecule has 1 aliphatic heterocycles. The molecule has 1 fully saturated rings. The maximum atomic E-state index is 13.6. The predicted molar refractivity (Wildman–Crippen MR) is 111 cm³/mol. The number of carbonyl (C=O) groups is 1. The predicted octanol–water partition coefficient (Wildman–Crippen LogP) is 2.78. The fourth-order valence-corrected chi connectivity index (χ4v) is 3.79. The lowest BCUT2D eigenvalue weighted by Crippen LogP contribution is -2.42. The van der Waals surface area contributed by atoms with Gasteiger partial charge in [0.1, 0.15) is 12.1 Å². The van der Waals surface area contributed by atoms with Gasteiger partial charge in [-0.3, -0.25) is 14.2 Å². The highest BCUT2D eigenvalue weighted by Gasteiger charge is 2.29. The van der Waals surface area contributed by atoms with E-state index in [1.807, 2.05) is 4.90 Å². The molecule has 3 heterocycles. The van der Waals surface area contributed by atoms with Gasteiger partial charge < -0.3 is 4.90 Å². The van der Waals surface area contributed by atoms with Crippen molar-refractivity contribution in [1.82, 2.24) is 19.5 Å². The Kier molecular flexibility index (Phi) is 5.39. The van der Waals surface area contributed by atoms with Crippen molar-refractivity contribution < 1.29 is 9.18 Å². The highest BCUT2D eigenvalue weighted by atomic mass is 19.1. The number of benzene rings is 1. The number of ketones is 1. The molecular weight excluding hydrogens is 385 g/mol. The summed E-state index contributed by atoms with van der Waals surface area (Å²) in [4.78, 5) is 40.3. The van der Waals surface area contributed by atoms with Crippen LogP contribution in [0.4, 0.5) is 10.3 Å². The Morgan fingerprint density at radius 3 is 2.77 bits per heavy atom. The fraction of sp³-hybridized carbons (Fsp3) is 0.318. The van der Waals surface area contributed by atoms with Crippen molar-refractivity contribution in [2.45, 2.75) is 19.8 Å². The third-order valence-corrected chi connectivity index (χ3v) is 5.47. The van der Waals surface area contributed by atoms with E-state index in [-0.39, 0.29) is 23.1 Å². The second-order valence-electron chi connectivity index (χ2n) is 7.55. The number of hydrogen-bond acceptors (Lipinski definition) is 6. The van der Waals surface area contributed by atoms with E-state index >= 15 is 0 Å². The van der Waals surface area contributed by atoms with Crippen molar-refractivity contribution in [3.05, 3.63) is 70.2 Å². The summed E-state index contributed by atoms with van der Waals surface area (Å²) in [5.41, 5.74) is 1.80. The molecule has 1 saturated heterocycles. The van der Waals surface area contributed by atoms with Gasteiger partial charge in [0, 0.05) is 43.9 Å². The average Bonchev–Trinajstić information content (AvgIpc) is 2.77. The first-order valence-electron chi connectivity index (χ1n) is 9.84. The monoisotopic (exact) mass is 407 g/mol. The molecule has 7 nitrogen and oxygen atoms in total. The molecule has 4 rings (SSSR count). The van der Waals surface area contributed by atoms with Crippen LogP contribution < -0.4 is 10.5 Å². The molecule has 0 aliphatic carbocycles. The van der Waals surface area contributed by atoms with Crippen LogP contribution >= 0.6 is 0 Å². The molecule has 0 spiro atoms. The number of piperidine rings is 1. The summed E-state index contributed by atoms with van der Waals surface area (Å²) in [6.07, 6.45) is 4.55. The quantitative estimate of drug-likeness (QED) is 0.619. The molecule has 1 aromatic carbocycles. The van der Waals surface area contributed by atoms with Crippen molar-refractivity contribution in [3.63, 3.8) is 0 Å². The summed E-state index contributed by atoms with van der Waals surface area (Å²) in [6, 6.07) is 7.61. The number of nitrogens with zero attached hydrogens (tertiary/aromatic N) is 5. The average molecular weight is 407 g/mol. The first kappa shape index (κ1) is 19.9. The standard InChI is InChI=1S/C22H22FN5O2/c1-14-10-15(5-6-17(14)23)21(30)16-4-3-9-28(12-16)22-26-19(11-20(29)27(22)2)18-7-8-24-13-25-18/h5-8,10-11,13,16H,3-4,9,12H2,1-2H3. The summed E-state index contributed by atoms with van der Waals surface area (Å²) < 4.78 is 15.1. The Labute approximate surface area is 173 Å². The molecule has 0 bridgehead atoms. The maximum Gasteiger partial charge on any atom is 0.255 e. The van der Waals surface area contributed by atoms with Gasteiger partial charge in [-0.05, 0) is 49.6 Å². The summed E-state index contributed by atoms with van der Waals surface area (Å²) in [5, 5.41) is 0. The smallest absolute Gasteiger partial charge is 0.255 e. The molecule has 8 heteroatoms. The summed E-state index contributed by atoms with van der Waals surface area (Å²) in [5.74, 6) is -0.0792. The third-order valence-electron chi connectivity index (χ3n) is 5.47. The molecular formula is C22H22FN5O2. The number of anilines is 1. The van der Waals surface area contributed by atoms with Crippen LogP contribution in [0.5, 0.6) is 0 Å². The minimum absolute atomic E-state index is 0.0141. The number of aryl methyl sites for hydroxylation is 1. The van der Waals surface area contributed by atoms with E-state index in [1.165, 1.54) is 29.1 Å². The van der Waals surface area contributed by atoms with Crippen LogP contribution in [0.3, 0.4) is 0 Å². The van der Waals surface area contributed by atoms with Crippen LogP contribution in [0.1, 0.15) is 28.8 Å². The number of Topliss-reactive ketones (excluding diaryl/α,β-unsaturated/α-hetero) is 1. The molecule has 2 aromatic heterocycles. The van der Waals surface area contributed by atoms with Gasteiger partial charge in [0.25, 0.3) is 5.56 Å². The number of halogens is 1. The van der Waals surface area contributed by atoms with Gasteiger partial charge in [-0.1, -0.05) is 0 Å². The summed E-state index contributed by atoms with van der Waals surface area (Å²) >= 11 is 0. The minimum Gasteiger partial charge on any atom is -0.341 e. The maximum absolute atomic E-state index is 13.6. The topological polar surface area (TPSA) is 81.0 Å². The van der Waals surface area contributed by atoms with E-state index in [1.54, 1.807) is 32.3 Å². The lowest BCUT2D eigenvalue weighted by molar-refractivity contribution is 0.0906. The highest BCUT2D eigenvalue weighted by Crippen LogP contribution is 2.25. The van der Waals surface area contributed by atoms with Gasteiger partial charge in [0.2, 0.25) is 5.95 Å². The van der Waals surface area contributed by atoms with Crippen LogP contribution in [-0.2, 0) is 7.05 Å². The molecule has 1 unspecified atom stereocenters. The molecule has 0 saturated carbocycles. The number of rotatable bonds is 4. The van der Waals surface area contributed by atoms with E-state index in [9.17, 15) is 14.0 Å². The van der Waals surface area contributed by atoms with E-state index in [4.69, 9.17) is 0 Å². The van der Waals surface area contributed by atoms with Crippen LogP contribution in [0.25, 0.3) is 11.4 Å². The van der Waals surface area contributed by atoms with Gasteiger partial charge in [-0.2, -0.15) is 0 Å². The van der Waals surface area contributed by atoms with Gasteiger partial charge >= 0.3 is 0 Å². The SMILES string of the molecule is Cc1cc(C(=O)C2CCCN(c3nc(-c4ccncn4)cc(=O)n3C)C2)ccc1F. The molecule has 3 aromatic rings. The number of carbonyl (C=O) groups excluding carboxylic acids is 1. The molecule has 1 atom stereocenters. The second kappa shape index (κ2) is 8.14. The van der Waals surface area contributed by atoms with Gasteiger partial charge in [-0.25, -0.2) is 19.3 Å². The largest absolute Gasteiger partial charge is 0.341 e. The van der Waals surface area contributed by atoms with E-state index in [2.05, 4.69) is 15.0 Å². The minimum atomic E-state index is -0.322. The Balaban J connectivity index is 1.63. The number of aromatic nitrogens is 4. The Hall–Kier alpha value is -3.42. The van der Waals surface area contributed by atoms with Gasteiger partial charge in [0.15, 0.2) is 5.78 Å². The summed E-state index contributed by atoms with van der Waals surface area (Å²) in [6.45, 7) is 2.79. The van der Waals surface area contributed by atoms with Crippen molar-refractivity contribution in [2.75, 3.05) is 18.0 Å². The molecule has 1 aliphatic rings. The Bertz CT molecular complexity index is 1150. The molecule has 0 N–H and O–H groups in total. The Morgan fingerprint density at radius 1 is 1.20 bits per heavy atom. The Morgan fingerprint density at radius 2 is 2.03 bits per heavy atom. The zero-order valence-corrected chi connectivity index (χ0v) is 16.9. The van der Waals surface area contributed by atoms with Crippen molar-refractivity contribution in [3.8, 4) is 11.4 Å². The zero-order valence-electron chi connectivity index (χ0n) is 16.9. The van der Waals surface area contributed by atoms with E-state index in [0.29, 0.717) is 41.6 Å². The second-order valence-corrected chi connectivity index (χ2v) is 7.55. The van der Waals surface area contributed by atoms with Crippen molar-refractivity contribution >= 4 is 11.7 Å². The molecule has 30 heavy (non-hydrogen) atoms. The third kappa shape index (κ3) is 3.85. The zero-order chi connectivity index (χ0) is 21.3. The van der Waals surface area contributed by atoms with Crippen molar-refractivity contribution in [1.29, 1.82) is 0 Å². The first-order chi connectivity index (χ1) is 14.4. The molecule has 0 radical (unpaired) electrons. The van der Waals surface area contributed by atoms with Crippen molar-refractivity contribution in [2.24, 2.45) is 13.0 Å². The van der Waals surface area contributed by atoms with Crippen LogP contribution in [0, 0.1) is 18.7 Å². The lowest BCUT2D eigenvalue weighted by Gasteiger charge is -2.33. The highest BCUT2D eigenvalue weighted by molar-refractivity contribution is 5.98. The lowest BCUT2D eigenvalue weighted by atomic mass is 9.89. The van der Waals surface area contributed by atoms with E-state index in [0.717, 1.165) is 12.8 Å². The first-order valence-corrected chi connectivity index (χ1v) is 9.84. The van der Waals surface area contributed by atoms with Crippen LogP contribution in [0.2, 0.25) is 0 Å². The van der Waals surface area contributed by atoms with E-state index < -0.39 is 0 Å². The molecule has 154 valence electrons.